The Morgan fingerprint density at radius 3 is 2.94 bits per heavy atom. The van der Waals surface area contributed by atoms with Gasteiger partial charge in [-0.1, -0.05) is 0 Å². The third-order valence-corrected chi connectivity index (χ3v) is 2.33. The maximum atomic E-state index is 11.7. The van der Waals surface area contributed by atoms with E-state index >= 15 is 0 Å². The Morgan fingerprint density at radius 2 is 2.29 bits per heavy atom. The quantitative estimate of drug-likeness (QED) is 0.748. The van der Waals surface area contributed by atoms with Crippen molar-refractivity contribution in [1.29, 1.82) is 0 Å². The normalized spacial score (nSPS) is 10.5. The van der Waals surface area contributed by atoms with Crippen LogP contribution in [0.1, 0.15) is 23.1 Å². The van der Waals surface area contributed by atoms with Crippen LogP contribution in [0.5, 0.6) is 5.88 Å². The highest BCUT2D eigenvalue weighted by molar-refractivity contribution is 5.88. The number of aromatic nitrogens is 3. The van der Waals surface area contributed by atoms with Gasteiger partial charge in [-0.25, -0.2) is 9.78 Å². The van der Waals surface area contributed by atoms with Crippen molar-refractivity contribution in [2.45, 2.75) is 13.8 Å². The number of fused-ring (bicyclic) bond motifs is 1. The second-order valence-corrected chi connectivity index (χ2v) is 3.44. The molecule has 0 atom stereocenters. The first-order valence-electron chi connectivity index (χ1n) is 5.23. The smallest absolute Gasteiger partial charge is 0.357 e. The Kier molecular flexibility index (Phi) is 2.95. The Hall–Kier alpha value is -2.11. The molecule has 6 heteroatoms. The zero-order valence-corrected chi connectivity index (χ0v) is 9.93. The molecule has 6 nitrogen and oxygen atoms in total. The second kappa shape index (κ2) is 4.40. The zero-order valence-electron chi connectivity index (χ0n) is 9.93. The third-order valence-electron chi connectivity index (χ3n) is 2.33. The fourth-order valence-electron chi connectivity index (χ4n) is 1.60. The molecule has 90 valence electrons. The minimum atomic E-state index is -0.407. The molecule has 0 aromatic carbocycles. The van der Waals surface area contributed by atoms with Gasteiger partial charge in [0.1, 0.15) is 0 Å². The number of carbonyl (C=O) groups is 1. The van der Waals surface area contributed by atoms with Gasteiger partial charge in [0.15, 0.2) is 5.69 Å². The van der Waals surface area contributed by atoms with Gasteiger partial charge in [0, 0.05) is 11.8 Å². The minimum absolute atomic E-state index is 0.328. The number of rotatable bonds is 3. The molecule has 0 aliphatic carbocycles. The summed E-state index contributed by atoms with van der Waals surface area (Å²) in [6, 6.07) is 1.73. The van der Waals surface area contributed by atoms with E-state index in [1.807, 2.05) is 6.92 Å². The molecule has 0 N–H and O–H groups in total. The van der Waals surface area contributed by atoms with Gasteiger partial charge in [-0.15, -0.1) is 0 Å². The van der Waals surface area contributed by atoms with Crippen LogP contribution in [0.2, 0.25) is 0 Å². The molecule has 0 aliphatic heterocycles. The van der Waals surface area contributed by atoms with E-state index in [-0.39, 0.29) is 0 Å². The molecule has 17 heavy (non-hydrogen) atoms. The highest BCUT2D eigenvalue weighted by Crippen LogP contribution is 2.15. The summed E-state index contributed by atoms with van der Waals surface area (Å²) < 4.78 is 11.6. The van der Waals surface area contributed by atoms with Crippen molar-refractivity contribution in [3.8, 4) is 5.88 Å². The van der Waals surface area contributed by atoms with E-state index in [2.05, 4.69) is 9.97 Å². The highest BCUT2D eigenvalue weighted by Gasteiger charge is 2.16. The summed E-state index contributed by atoms with van der Waals surface area (Å²) in [5, 5.41) is 0. The van der Waals surface area contributed by atoms with E-state index in [0.717, 1.165) is 5.69 Å². The Balaban J connectivity index is 2.57. The number of ether oxygens (including phenoxy) is 2. The second-order valence-electron chi connectivity index (χ2n) is 3.44. The molecule has 0 radical (unpaired) electrons. The number of imidazole rings is 1. The van der Waals surface area contributed by atoms with E-state index in [0.29, 0.717) is 24.0 Å². The van der Waals surface area contributed by atoms with Crippen LogP contribution in [-0.4, -0.2) is 34.1 Å². The fraction of sp³-hybridized carbons (Fsp3) is 0.364. The van der Waals surface area contributed by atoms with E-state index in [9.17, 15) is 4.79 Å². The molecule has 0 fully saturated rings. The van der Waals surface area contributed by atoms with Gasteiger partial charge in [0.25, 0.3) is 0 Å². The van der Waals surface area contributed by atoms with E-state index < -0.39 is 5.97 Å². The Labute approximate surface area is 98.2 Å². The molecule has 0 aliphatic rings. The molecule has 2 aromatic heterocycles. The Morgan fingerprint density at radius 1 is 1.53 bits per heavy atom. The van der Waals surface area contributed by atoms with Gasteiger partial charge in [-0.3, -0.25) is 4.40 Å². The Bertz CT molecular complexity index is 562. The zero-order chi connectivity index (χ0) is 12.4. The van der Waals surface area contributed by atoms with E-state index in [1.54, 1.807) is 17.4 Å². The van der Waals surface area contributed by atoms with Crippen molar-refractivity contribution < 1.29 is 14.3 Å². The average Bonchev–Trinajstić information content (AvgIpc) is 2.73. The fourth-order valence-corrected chi connectivity index (χ4v) is 1.60. The number of methoxy groups -OCH3 is 1. The van der Waals surface area contributed by atoms with Crippen molar-refractivity contribution in [3.05, 3.63) is 23.7 Å². The standard InChI is InChI=1S/C11H13N3O3/c1-4-17-10(15)8-6-12-11-13-9(16-3)5-7(2)14(8)11/h5-6H,4H2,1-3H3. The van der Waals surface area contributed by atoms with Crippen molar-refractivity contribution >= 4 is 11.7 Å². The van der Waals surface area contributed by atoms with Gasteiger partial charge in [-0.2, -0.15) is 4.98 Å². The summed E-state index contributed by atoms with van der Waals surface area (Å²) in [6.45, 7) is 3.94. The molecular weight excluding hydrogens is 222 g/mol. The molecule has 0 saturated heterocycles. The van der Waals surface area contributed by atoms with E-state index in [1.165, 1.54) is 13.3 Å². The minimum Gasteiger partial charge on any atom is -0.481 e. The lowest BCUT2D eigenvalue weighted by atomic mass is 10.4. The molecule has 0 bridgehead atoms. The molecule has 0 unspecified atom stereocenters. The lowest BCUT2D eigenvalue weighted by Crippen LogP contribution is -2.10. The maximum Gasteiger partial charge on any atom is 0.357 e. The first kappa shape index (κ1) is 11.4. The lowest BCUT2D eigenvalue weighted by Gasteiger charge is -2.06. The predicted octanol–water partition coefficient (Wildman–Crippen LogP) is 1.22. The van der Waals surface area contributed by atoms with Crippen molar-refractivity contribution in [1.82, 2.24) is 14.4 Å². The highest BCUT2D eigenvalue weighted by atomic mass is 16.5. The average molecular weight is 235 g/mol. The predicted molar refractivity (Wildman–Crippen MR) is 60.2 cm³/mol. The first-order valence-corrected chi connectivity index (χ1v) is 5.23. The van der Waals surface area contributed by atoms with Crippen LogP contribution in [0, 0.1) is 6.92 Å². The van der Waals surface area contributed by atoms with Crippen LogP contribution < -0.4 is 4.74 Å². The topological polar surface area (TPSA) is 65.7 Å². The van der Waals surface area contributed by atoms with Crippen molar-refractivity contribution in [2.24, 2.45) is 0 Å². The number of carbonyl (C=O) groups excluding carboxylic acids is 1. The molecule has 2 heterocycles. The number of hydrogen-bond acceptors (Lipinski definition) is 5. The summed E-state index contributed by atoms with van der Waals surface area (Å²) in [5.41, 5.74) is 1.18. The molecule has 2 rings (SSSR count). The summed E-state index contributed by atoms with van der Waals surface area (Å²) in [5.74, 6) is 0.482. The number of aryl methyl sites for hydroxylation is 1. The number of nitrogens with zero attached hydrogens (tertiary/aromatic N) is 3. The van der Waals surface area contributed by atoms with Crippen LogP contribution in [-0.2, 0) is 4.74 Å². The van der Waals surface area contributed by atoms with Crippen molar-refractivity contribution in [3.63, 3.8) is 0 Å². The lowest BCUT2D eigenvalue weighted by molar-refractivity contribution is 0.0518. The molecule has 0 amide bonds. The maximum absolute atomic E-state index is 11.7. The largest absolute Gasteiger partial charge is 0.481 e. The summed E-state index contributed by atoms with van der Waals surface area (Å²) in [7, 11) is 1.54. The monoisotopic (exact) mass is 235 g/mol. The van der Waals surface area contributed by atoms with Crippen LogP contribution in [0.3, 0.4) is 0 Å². The third kappa shape index (κ3) is 1.93. The van der Waals surface area contributed by atoms with E-state index in [4.69, 9.17) is 9.47 Å². The molecule has 0 spiro atoms. The van der Waals surface area contributed by atoms with Crippen LogP contribution in [0.4, 0.5) is 0 Å². The van der Waals surface area contributed by atoms with Gasteiger partial charge in [0.05, 0.1) is 19.9 Å². The molecule has 0 saturated carbocycles. The van der Waals surface area contributed by atoms with Gasteiger partial charge in [0.2, 0.25) is 11.7 Å². The van der Waals surface area contributed by atoms with Crippen molar-refractivity contribution in [2.75, 3.05) is 13.7 Å². The van der Waals surface area contributed by atoms with Crippen LogP contribution in [0.25, 0.3) is 5.78 Å². The number of esters is 1. The summed E-state index contributed by atoms with van der Waals surface area (Å²) in [4.78, 5) is 19.9. The van der Waals surface area contributed by atoms with Gasteiger partial charge < -0.3 is 9.47 Å². The first-order chi connectivity index (χ1) is 8.17. The SMILES string of the molecule is CCOC(=O)c1cnc2nc(OC)cc(C)n12. The summed E-state index contributed by atoms with van der Waals surface area (Å²) in [6.07, 6.45) is 1.45. The molecular formula is C11H13N3O3. The number of hydrogen-bond donors (Lipinski definition) is 0. The van der Waals surface area contributed by atoms with Crippen LogP contribution in [0.15, 0.2) is 12.3 Å². The molecule has 2 aromatic rings. The van der Waals surface area contributed by atoms with Gasteiger partial charge >= 0.3 is 5.97 Å². The van der Waals surface area contributed by atoms with Gasteiger partial charge in [-0.05, 0) is 13.8 Å². The summed E-state index contributed by atoms with van der Waals surface area (Å²) >= 11 is 0. The van der Waals surface area contributed by atoms with Crippen LogP contribution >= 0.6 is 0 Å².